The second-order valence-corrected chi connectivity index (χ2v) is 6.37. The van der Waals surface area contributed by atoms with Crippen LogP contribution in [0.4, 0.5) is 0 Å². The average molecular weight is 359 g/mol. The molecule has 0 aliphatic rings. The molecule has 0 heterocycles. The summed E-state index contributed by atoms with van der Waals surface area (Å²) >= 11 is 0. The van der Waals surface area contributed by atoms with Gasteiger partial charge in [-0.1, -0.05) is 72.8 Å². The molecule has 0 spiro atoms. The van der Waals surface area contributed by atoms with E-state index in [1.54, 1.807) is 38.4 Å². The number of rotatable bonds is 5. The molecule has 3 rings (SSSR count). The maximum Gasteiger partial charge on any atom is 0.339 e. The molecule has 0 aliphatic heterocycles. The Morgan fingerprint density at radius 3 is 1.81 bits per heavy atom. The highest BCUT2D eigenvalue weighted by Gasteiger charge is 2.26. The van der Waals surface area contributed by atoms with Crippen LogP contribution >= 0.6 is 0 Å². The SMILES string of the molecule is CN(C)C(=O)[C@H](OC(=O)c1ccc(-c2ccccc2)cc1)c1ccccc1. The lowest BCUT2D eigenvalue weighted by atomic mass is 10.0. The third-order valence-corrected chi connectivity index (χ3v) is 4.22. The van der Waals surface area contributed by atoms with E-state index in [9.17, 15) is 9.59 Å². The standard InChI is InChI=1S/C23H21NO3/c1-24(2)22(25)21(19-11-7-4-8-12-19)27-23(26)20-15-13-18(14-16-20)17-9-5-3-6-10-17/h3-16,21H,1-2H3/t21-/m1/s1. The summed E-state index contributed by atoms with van der Waals surface area (Å²) in [5.41, 5.74) is 3.13. The molecule has 3 aromatic carbocycles. The zero-order valence-corrected chi connectivity index (χ0v) is 15.3. The summed E-state index contributed by atoms with van der Waals surface area (Å²) in [5.74, 6) is -0.811. The van der Waals surface area contributed by atoms with Crippen LogP contribution in [-0.4, -0.2) is 30.9 Å². The number of nitrogens with zero attached hydrogens (tertiary/aromatic N) is 1. The van der Waals surface area contributed by atoms with Gasteiger partial charge in [-0.2, -0.15) is 0 Å². The zero-order valence-electron chi connectivity index (χ0n) is 15.3. The van der Waals surface area contributed by atoms with Crippen LogP contribution in [-0.2, 0) is 9.53 Å². The molecule has 4 nitrogen and oxygen atoms in total. The van der Waals surface area contributed by atoms with Crippen molar-refractivity contribution in [1.82, 2.24) is 4.90 Å². The predicted molar refractivity (Wildman–Crippen MR) is 105 cm³/mol. The minimum absolute atomic E-state index is 0.282. The lowest BCUT2D eigenvalue weighted by Crippen LogP contribution is -2.31. The Bertz CT molecular complexity index is 903. The van der Waals surface area contributed by atoms with Gasteiger partial charge < -0.3 is 9.64 Å². The third kappa shape index (κ3) is 4.42. The molecule has 1 atom stereocenters. The van der Waals surface area contributed by atoms with Gasteiger partial charge in [0.25, 0.3) is 5.91 Å². The Morgan fingerprint density at radius 1 is 0.741 bits per heavy atom. The largest absolute Gasteiger partial charge is 0.444 e. The lowest BCUT2D eigenvalue weighted by molar-refractivity contribution is -0.138. The number of hydrogen-bond acceptors (Lipinski definition) is 3. The molecule has 136 valence electrons. The maximum atomic E-state index is 12.6. The van der Waals surface area contributed by atoms with Crippen LogP contribution in [0.25, 0.3) is 11.1 Å². The summed E-state index contributed by atoms with van der Waals surface area (Å²) in [6, 6.07) is 26.1. The van der Waals surface area contributed by atoms with E-state index in [-0.39, 0.29) is 5.91 Å². The summed E-state index contributed by atoms with van der Waals surface area (Å²) in [7, 11) is 3.28. The number of hydrogen-bond donors (Lipinski definition) is 0. The number of benzene rings is 3. The van der Waals surface area contributed by atoms with E-state index < -0.39 is 12.1 Å². The van der Waals surface area contributed by atoms with Crippen LogP contribution in [0.2, 0.25) is 0 Å². The van der Waals surface area contributed by atoms with Gasteiger partial charge in [-0.25, -0.2) is 4.79 Å². The fourth-order valence-electron chi connectivity index (χ4n) is 2.73. The molecule has 0 radical (unpaired) electrons. The van der Waals surface area contributed by atoms with Crippen molar-refractivity contribution >= 4 is 11.9 Å². The smallest absolute Gasteiger partial charge is 0.339 e. The van der Waals surface area contributed by atoms with Crippen molar-refractivity contribution < 1.29 is 14.3 Å². The van der Waals surface area contributed by atoms with Crippen LogP contribution < -0.4 is 0 Å². The van der Waals surface area contributed by atoms with Gasteiger partial charge in [-0.15, -0.1) is 0 Å². The molecule has 0 bridgehead atoms. The van der Waals surface area contributed by atoms with Crippen molar-refractivity contribution in [2.24, 2.45) is 0 Å². The van der Waals surface area contributed by atoms with Gasteiger partial charge in [0, 0.05) is 19.7 Å². The highest BCUT2D eigenvalue weighted by molar-refractivity contribution is 5.93. The molecule has 0 saturated carbocycles. The third-order valence-electron chi connectivity index (χ3n) is 4.22. The van der Waals surface area contributed by atoms with E-state index in [2.05, 4.69) is 0 Å². The van der Waals surface area contributed by atoms with Crippen LogP contribution in [0.3, 0.4) is 0 Å². The molecule has 0 fully saturated rings. The summed E-state index contributed by atoms with van der Waals surface area (Å²) in [6.07, 6.45) is -0.970. The molecule has 3 aromatic rings. The van der Waals surface area contributed by atoms with Crippen LogP contribution in [0.1, 0.15) is 22.0 Å². The van der Waals surface area contributed by atoms with E-state index in [4.69, 9.17) is 4.74 Å². The van der Waals surface area contributed by atoms with Crippen LogP contribution in [0.15, 0.2) is 84.9 Å². The first-order valence-electron chi connectivity index (χ1n) is 8.69. The van der Waals surface area contributed by atoms with Gasteiger partial charge in [-0.3, -0.25) is 4.79 Å². The predicted octanol–water partition coefficient (Wildman–Crippen LogP) is 4.34. The Morgan fingerprint density at radius 2 is 1.26 bits per heavy atom. The number of ether oxygens (including phenoxy) is 1. The Balaban J connectivity index is 1.80. The number of esters is 1. The molecule has 0 aliphatic carbocycles. The molecule has 0 unspecified atom stereocenters. The Kier molecular flexibility index (Phi) is 5.67. The summed E-state index contributed by atoms with van der Waals surface area (Å²) in [4.78, 5) is 26.5. The Hall–Kier alpha value is -3.40. The second-order valence-electron chi connectivity index (χ2n) is 6.37. The summed E-state index contributed by atoms with van der Waals surface area (Å²) < 4.78 is 5.56. The Labute approximate surface area is 159 Å². The van der Waals surface area contributed by atoms with Crippen molar-refractivity contribution in [3.8, 4) is 11.1 Å². The van der Waals surface area contributed by atoms with Crippen molar-refractivity contribution in [2.75, 3.05) is 14.1 Å². The first-order valence-corrected chi connectivity index (χ1v) is 8.69. The normalized spacial score (nSPS) is 11.5. The molecule has 0 N–H and O–H groups in total. The van der Waals surface area contributed by atoms with Crippen molar-refractivity contribution in [1.29, 1.82) is 0 Å². The van der Waals surface area contributed by atoms with Crippen molar-refractivity contribution in [3.63, 3.8) is 0 Å². The number of carbonyl (C=O) groups is 2. The molecule has 1 amide bonds. The topological polar surface area (TPSA) is 46.6 Å². The second kappa shape index (κ2) is 8.32. The minimum atomic E-state index is -0.970. The molecule has 0 saturated heterocycles. The van der Waals surface area contributed by atoms with Crippen LogP contribution in [0, 0.1) is 0 Å². The fraction of sp³-hybridized carbons (Fsp3) is 0.130. The number of carbonyl (C=O) groups excluding carboxylic acids is 2. The molecule has 0 aromatic heterocycles. The van der Waals surface area contributed by atoms with Crippen molar-refractivity contribution in [2.45, 2.75) is 6.10 Å². The lowest BCUT2D eigenvalue weighted by Gasteiger charge is -2.21. The van der Waals surface area contributed by atoms with Gasteiger partial charge in [-0.05, 0) is 23.3 Å². The number of likely N-dealkylation sites (N-methyl/N-ethyl adjacent to an activating group) is 1. The van der Waals surface area contributed by atoms with Crippen molar-refractivity contribution in [3.05, 3.63) is 96.1 Å². The molecule has 27 heavy (non-hydrogen) atoms. The van der Waals surface area contributed by atoms with Gasteiger partial charge >= 0.3 is 5.97 Å². The van der Waals surface area contributed by atoms with Gasteiger partial charge in [0.05, 0.1) is 5.56 Å². The van der Waals surface area contributed by atoms with E-state index in [1.807, 2.05) is 60.7 Å². The summed E-state index contributed by atoms with van der Waals surface area (Å²) in [6.45, 7) is 0. The highest BCUT2D eigenvalue weighted by atomic mass is 16.5. The van der Waals surface area contributed by atoms with E-state index in [0.717, 1.165) is 11.1 Å². The van der Waals surface area contributed by atoms with E-state index >= 15 is 0 Å². The first kappa shape index (κ1) is 18.4. The molecular weight excluding hydrogens is 338 g/mol. The monoisotopic (exact) mass is 359 g/mol. The highest BCUT2D eigenvalue weighted by Crippen LogP contribution is 2.23. The summed E-state index contributed by atoms with van der Waals surface area (Å²) in [5, 5.41) is 0. The fourth-order valence-corrected chi connectivity index (χ4v) is 2.73. The van der Waals surface area contributed by atoms with Crippen LogP contribution in [0.5, 0.6) is 0 Å². The maximum absolute atomic E-state index is 12.6. The minimum Gasteiger partial charge on any atom is -0.444 e. The van der Waals surface area contributed by atoms with Gasteiger partial charge in [0.1, 0.15) is 0 Å². The quantitative estimate of drug-likeness (QED) is 0.637. The van der Waals surface area contributed by atoms with Gasteiger partial charge in [0.2, 0.25) is 6.10 Å². The molecule has 4 heteroatoms. The molecular formula is C23H21NO3. The van der Waals surface area contributed by atoms with Gasteiger partial charge in [0.15, 0.2) is 0 Å². The number of amides is 1. The first-order chi connectivity index (χ1) is 13.1. The van der Waals surface area contributed by atoms with E-state index in [0.29, 0.717) is 11.1 Å². The van der Waals surface area contributed by atoms with E-state index in [1.165, 1.54) is 4.90 Å². The average Bonchev–Trinajstić information content (AvgIpc) is 2.72. The zero-order chi connectivity index (χ0) is 19.2.